The van der Waals surface area contributed by atoms with Crippen molar-refractivity contribution in [2.24, 2.45) is 0 Å². The fraction of sp³-hybridized carbons (Fsp3) is 0.917. The number of ketones is 1. The minimum absolute atomic E-state index is 0.146. The van der Waals surface area contributed by atoms with Crippen LogP contribution in [0.2, 0.25) is 0 Å². The molecule has 0 aromatic heterocycles. The molecule has 0 aliphatic rings. The zero-order valence-electron chi connectivity index (χ0n) is 9.84. The van der Waals surface area contributed by atoms with Crippen LogP contribution in [-0.2, 0) is 9.53 Å². The second kappa shape index (κ2) is 9.20. The summed E-state index contributed by atoms with van der Waals surface area (Å²) in [5.74, 6) is 0.270. The molecule has 0 aromatic carbocycles. The van der Waals surface area contributed by atoms with Gasteiger partial charge in [0.05, 0.1) is 0 Å². The smallest absolute Gasteiger partial charge is 0.161 e. The second-order valence-electron chi connectivity index (χ2n) is 3.79. The number of Topliss-reactive ketones (excluding diaryl/α,β-unsaturated/α-hetero) is 1. The van der Waals surface area contributed by atoms with Gasteiger partial charge < -0.3 is 4.74 Å². The molecule has 0 fully saturated rings. The first kappa shape index (κ1) is 13.6. The Balaban J connectivity index is 3.62. The Morgan fingerprint density at radius 2 is 1.86 bits per heavy atom. The number of rotatable bonds is 9. The molecule has 2 nitrogen and oxygen atoms in total. The Hall–Kier alpha value is -0.370. The van der Waals surface area contributed by atoms with Crippen LogP contribution >= 0.6 is 0 Å². The summed E-state index contributed by atoms with van der Waals surface area (Å²) in [6, 6.07) is 0. The molecule has 0 radical (unpaired) electrons. The van der Waals surface area contributed by atoms with Crippen LogP contribution in [0, 0.1) is 0 Å². The van der Waals surface area contributed by atoms with E-state index in [1.807, 2.05) is 6.92 Å². The van der Waals surface area contributed by atoms with E-state index in [9.17, 15) is 4.79 Å². The van der Waals surface area contributed by atoms with E-state index in [0.717, 1.165) is 19.3 Å². The lowest BCUT2D eigenvalue weighted by molar-refractivity contribution is -0.129. The van der Waals surface area contributed by atoms with Crippen LogP contribution in [0.3, 0.4) is 0 Å². The summed E-state index contributed by atoms with van der Waals surface area (Å²) < 4.78 is 5.20. The summed E-state index contributed by atoms with van der Waals surface area (Å²) in [6.45, 7) is 4.22. The zero-order valence-corrected chi connectivity index (χ0v) is 9.84. The van der Waals surface area contributed by atoms with Gasteiger partial charge in [0.2, 0.25) is 0 Å². The fourth-order valence-corrected chi connectivity index (χ4v) is 1.57. The molecule has 0 spiro atoms. The third-order valence-electron chi connectivity index (χ3n) is 2.46. The molecule has 0 bridgehead atoms. The third-order valence-corrected chi connectivity index (χ3v) is 2.46. The first-order valence-corrected chi connectivity index (χ1v) is 5.81. The van der Waals surface area contributed by atoms with Crippen LogP contribution in [-0.4, -0.2) is 19.0 Å². The minimum atomic E-state index is -0.146. The number of carbonyl (C=O) groups is 1. The quantitative estimate of drug-likeness (QED) is 0.534. The lowest BCUT2D eigenvalue weighted by Crippen LogP contribution is -2.22. The number of hydrogen-bond acceptors (Lipinski definition) is 2. The fourth-order valence-electron chi connectivity index (χ4n) is 1.57. The minimum Gasteiger partial charge on any atom is -0.374 e. The van der Waals surface area contributed by atoms with Crippen LogP contribution in [0.15, 0.2) is 0 Å². The van der Waals surface area contributed by atoms with Crippen molar-refractivity contribution in [2.45, 2.75) is 64.9 Å². The highest BCUT2D eigenvalue weighted by Crippen LogP contribution is 2.10. The lowest BCUT2D eigenvalue weighted by atomic mass is 10.0. The maximum absolute atomic E-state index is 11.5. The monoisotopic (exact) mass is 200 g/mol. The normalized spacial score (nSPS) is 12.8. The van der Waals surface area contributed by atoms with Gasteiger partial charge in [-0.25, -0.2) is 0 Å². The van der Waals surface area contributed by atoms with Gasteiger partial charge in [0.1, 0.15) is 6.10 Å². The van der Waals surface area contributed by atoms with Crippen molar-refractivity contribution in [3.05, 3.63) is 0 Å². The van der Waals surface area contributed by atoms with Crippen LogP contribution < -0.4 is 0 Å². The predicted octanol–water partition coefficient (Wildman–Crippen LogP) is 3.34. The van der Waals surface area contributed by atoms with Gasteiger partial charge in [0, 0.05) is 13.5 Å². The number of carbonyl (C=O) groups excluding carboxylic acids is 1. The Kier molecular flexibility index (Phi) is 8.95. The second-order valence-corrected chi connectivity index (χ2v) is 3.79. The van der Waals surface area contributed by atoms with Crippen LogP contribution in [0.5, 0.6) is 0 Å². The summed E-state index contributed by atoms with van der Waals surface area (Å²) in [5.41, 5.74) is 0. The Bertz CT molecular complexity index is 143. The molecule has 2 heteroatoms. The molecule has 0 amide bonds. The van der Waals surface area contributed by atoms with Crippen LogP contribution in [0.1, 0.15) is 58.8 Å². The molecule has 0 aliphatic carbocycles. The molecule has 1 atom stereocenters. The first-order chi connectivity index (χ1) is 6.76. The summed E-state index contributed by atoms with van der Waals surface area (Å²) in [5, 5.41) is 0. The van der Waals surface area contributed by atoms with Crippen molar-refractivity contribution in [1.82, 2.24) is 0 Å². The van der Waals surface area contributed by atoms with E-state index in [-0.39, 0.29) is 11.9 Å². The summed E-state index contributed by atoms with van der Waals surface area (Å²) in [4.78, 5) is 11.5. The molecule has 0 N–H and O–H groups in total. The van der Waals surface area contributed by atoms with Crippen molar-refractivity contribution in [3.8, 4) is 0 Å². The van der Waals surface area contributed by atoms with E-state index in [4.69, 9.17) is 4.74 Å². The average Bonchev–Trinajstić information content (AvgIpc) is 2.18. The highest BCUT2D eigenvalue weighted by molar-refractivity contribution is 5.82. The first-order valence-electron chi connectivity index (χ1n) is 5.81. The van der Waals surface area contributed by atoms with Crippen LogP contribution in [0.4, 0.5) is 0 Å². The van der Waals surface area contributed by atoms with Crippen molar-refractivity contribution in [3.63, 3.8) is 0 Å². The van der Waals surface area contributed by atoms with Gasteiger partial charge in [-0.3, -0.25) is 4.79 Å². The zero-order chi connectivity index (χ0) is 10.8. The van der Waals surface area contributed by atoms with Gasteiger partial charge in [0.15, 0.2) is 5.78 Å². The third kappa shape index (κ3) is 6.14. The summed E-state index contributed by atoms with van der Waals surface area (Å²) >= 11 is 0. The molecule has 84 valence electrons. The van der Waals surface area contributed by atoms with E-state index in [0.29, 0.717) is 6.42 Å². The molecule has 0 heterocycles. The van der Waals surface area contributed by atoms with Crippen LogP contribution in [0.25, 0.3) is 0 Å². The average molecular weight is 200 g/mol. The van der Waals surface area contributed by atoms with E-state index >= 15 is 0 Å². The summed E-state index contributed by atoms with van der Waals surface area (Å²) in [7, 11) is 1.64. The van der Waals surface area contributed by atoms with Gasteiger partial charge in [-0.2, -0.15) is 0 Å². The standard InChI is InChI=1S/C12H24O2/c1-4-6-7-8-10-12(14-3)11(13)9-5-2/h12H,4-10H2,1-3H3. The maximum atomic E-state index is 11.5. The van der Waals surface area contributed by atoms with E-state index in [1.165, 1.54) is 19.3 Å². The molecule has 0 aliphatic heterocycles. The Labute approximate surface area is 88.0 Å². The van der Waals surface area contributed by atoms with Crippen molar-refractivity contribution in [2.75, 3.05) is 7.11 Å². The maximum Gasteiger partial charge on any atom is 0.161 e. The highest BCUT2D eigenvalue weighted by atomic mass is 16.5. The van der Waals surface area contributed by atoms with Gasteiger partial charge in [-0.1, -0.05) is 39.5 Å². The van der Waals surface area contributed by atoms with E-state index in [1.54, 1.807) is 7.11 Å². The number of ether oxygens (including phenoxy) is 1. The van der Waals surface area contributed by atoms with Gasteiger partial charge in [-0.05, 0) is 12.8 Å². The lowest BCUT2D eigenvalue weighted by Gasteiger charge is -2.13. The molecule has 0 aromatic rings. The predicted molar refractivity (Wildman–Crippen MR) is 59.5 cm³/mol. The van der Waals surface area contributed by atoms with Gasteiger partial charge in [-0.15, -0.1) is 0 Å². The molecule has 1 unspecified atom stereocenters. The molecule has 0 saturated carbocycles. The van der Waals surface area contributed by atoms with E-state index in [2.05, 4.69) is 6.92 Å². The van der Waals surface area contributed by atoms with Crippen molar-refractivity contribution in [1.29, 1.82) is 0 Å². The highest BCUT2D eigenvalue weighted by Gasteiger charge is 2.15. The largest absolute Gasteiger partial charge is 0.374 e. The number of hydrogen-bond donors (Lipinski definition) is 0. The van der Waals surface area contributed by atoms with Crippen molar-refractivity contribution >= 4 is 5.78 Å². The topological polar surface area (TPSA) is 26.3 Å². The molecular weight excluding hydrogens is 176 g/mol. The Morgan fingerprint density at radius 3 is 2.36 bits per heavy atom. The molecule has 14 heavy (non-hydrogen) atoms. The Morgan fingerprint density at radius 1 is 1.14 bits per heavy atom. The van der Waals surface area contributed by atoms with Crippen molar-refractivity contribution < 1.29 is 9.53 Å². The number of methoxy groups -OCH3 is 1. The SMILES string of the molecule is CCCCCCC(OC)C(=O)CCC. The number of unbranched alkanes of at least 4 members (excludes halogenated alkanes) is 3. The van der Waals surface area contributed by atoms with E-state index < -0.39 is 0 Å². The molecular formula is C12H24O2. The van der Waals surface area contributed by atoms with Gasteiger partial charge >= 0.3 is 0 Å². The molecule has 0 rings (SSSR count). The summed E-state index contributed by atoms with van der Waals surface area (Å²) in [6.07, 6.45) is 7.16. The van der Waals surface area contributed by atoms with Gasteiger partial charge in [0.25, 0.3) is 0 Å². The molecule has 0 saturated heterocycles.